The number of amides is 2. The fourth-order valence-electron chi connectivity index (χ4n) is 3.31. The predicted octanol–water partition coefficient (Wildman–Crippen LogP) is 1.73. The van der Waals surface area contributed by atoms with Crippen molar-refractivity contribution < 1.29 is 14.3 Å². The first-order valence-electron chi connectivity index (χ1n) is 9.18. The van der Waals surface area contributed by atoms with Crippen LogP contribution >= 0.6 is 0 Å². The second kappa shape index (κ2) is 7.75. The highest BCUT2D eigenvalue weighted by Crippen LogP contribution is 2.23. The number of ether oxygens (including phenoxy) is 1. The number of hydrogen-bond acceptors (Lipinski definition) is 5. The van der Waals surface area contributed by atoms with Crippen LogP contribution in [0.3, 0.4) is 0 Å². The maximum Gasteiger partial charge on any atom is 0.251 e. The summed E-state index contributed by atoms with van der Waals surface area (Å²) in [6, 6.07) is 9.35. The van der Waals surface area contributed by atoms with Gasteiger partial charge in [-0.05, 0) is 41.8 Å². The minimum absolute atomic E-state index is 0.0210. The topological polar surface area (TPSA) is 83.6 Å². The van der Waals surface area contributed by atoms with Gasteiger partial charge in [0, 0.05) is 43.5 Å². The van der Waals surface area contributed by atoms with E-state index in [0.29, 0.717) is 24.9 Å². The van der Waals surface area contributed by atoms with Crippen LogP contribution in [-0.2, 0) is 22.5 Å². The van der Waals surface area contributed by atoms with Gasteiger partial charge in [0.1, 0.15) is 5.82 Å². The van der Waals surface area contributed by atoms with E-state index in [2.05, 4.69) is 20.5 Å². The van der Waals surface area contributed by atoms with Gasteiger partial charge in [-0.1, -0.05) is 6.07 Å². The lowest BCUT2D eigenvalue weighted by Crippen LogP contribution is -2.36. The molecular weight excluding hydrogens is 344 g/mol. The fourth-order valence-corrected chi connectivity index (χ4v) is 3.31. The summed E-state index contributed by atoms with van der Waals surface area (Å²) < 4.78 is 5.35. The molecule has 2 aliphatic rings. The predicted molar refractivity (Wildman–Crippen MR) is 102 cm³/mol. The molecule has 0 bridgehead atoms. The van der Waals surface area contributed by atoms with Gasteiger partial charge in [0.15, 0.2) is 0 Å². The van der Waals surface area contributed by atoms with Crippen molar-refractivity contribution in [2.24, 2.45) is 0 Å². The number of morpholine rings is 1. The second-order valence-corrected chi connectivity index (χ2v) is 6.73. The van der Waals surface area contributed by atoms with E-state index in [1.165, 1.54) is 0 Å². The molecule has 7 heteroatoms. The number of pyridine rings is 1. The molecule has 1 saturated heterocycles. The Balaban J connectivity index is 1.35. The van der Waals surface area contributed by atoms with Gasteiger partial charge in [0.2, 0.25) is 5.91 Å². The van der Waals surface area contributed by atoms with Crippen LogP contribution in [-0.4, -0.2) is 43.1 Å². The Morgan fingerprint density at radius 1 is 1.19 bits per heavy atom. The number of carbonyl (C=O) groups is 2. The quantitative estimate of drug-likeness (QED) is 0.861. The Hall–Kier alpha value is -2.93. The molecule has 140 valence electrons. The van der Waals surface area contributed by atoms with Gasteiger partial charge in [-0.25, -0.2) is 4.98 Å². The molecule has 2 N–H and O–H groups in total. The number of anilines is 2. The molecule has 2 aliphatic heterocycles. The van der Waals surface area contributed by atoms with Crippen LogP contribution in [0, 0.1) is 0 Å². The zero-order valence-electron chi connectivity index (χ0n) is 15.0. The number of benzene rings is 1. The van der Waals surface area contributed by atoms with Gasteiger partial charge in [-0.2, -0.15) is 0 Å². The molecular formula is C20H22N4O3. The highest BCUT2D eigenvalue weighted by Gasteiger charge is 2.17. The maximum absolute atomic E-state index is 12.4. The Morgan fingerprint density at radius 3 is 2.81 bits per heavy atom. The molecule has 3 heterocycles. The Bertz CT molecular complexity index is 845. The molecule has 1 fully saturated rings. The average molecular weight is 366 g/mol. The van der Waals surface area contributed by atoms with Gasteiger partial charge in [-0.15, -0.1) is 0 Å². The lowest BCUT2D eigenvalue weighted by molar-refractivity contribution is -0.116. The van der Waals surface area contributed by atoms with Crippen molar-refractivity contribution in [2.75, 3.05) is 36.5 Å². The summed E-state index contributed by atoms with van der Waals surface area (Å²) in [5, 5.41) is 5.76. The van der Waals surface area contributed by atoms with Crippen molar-refractivity contribution >= 4 is 23.3 Å². The van der Waals surface area contributed by atoms with Gasteiger partial charge in [-0.3, -0.25) is 9.59 Å². The van der Waals surface area contributed by atoms with Gasteiger partial charge in [0.05, 0.1) is 13.2 Å². The molecule has 0 unspecified atom stereocenters. The molecule has 0 atom stereocenters. The highest BCUT2D eigenvalue weighted by molar-refractivity contribution is 5.97. The van der Waals surface area contributed by atoms with E-state index in [1.54, 1.807) is 18.3 Å². The normalized spacial score (nSPS) is 16.4. The zero-order chi connectivity index (χ0) is 18.6. The lowest BCUT2D eigenvalue weighted by Gasteiger charge is -2.27. The molecule has 4 rings (SSSR count). The largest absolute Gasteiger partial charge is 0.378 e. The minimum Gasteiger partial charge on any atom is -0.378 e. The summed E-state index contributed by atoms with van der Waals surface area (Å²) in [4.78, 5) is 30.6. The van der Waals surface area contributed by atoms with E-state index in [0.717, 1.165) is 48.9 Å². The summed E-state index contributed by atoms with van der Waals surface area (Å²) in [6.07, 6.45) is 2.92. The molecule has 0 spiro atoms. The van der Waals surface area contributed by atoms with Crippen LogP contribution in [0.5, 0.6) is 0 Å². The molecule has 0 radical (unpaired) electrons. The molecule has 0 aliphatic carbocycles. The van der Waals surface area contributed by atoms with E-state index < -0.39 is 0 Å². The van der Waals surface area contributed by atoms with Crippen molar-refractivity contribution in [3.05, 3.63) is 53.2 Å². The molecule has 1 aromatic heterocycles. The highest BCUT2D eigenvalue weighted by atomic mass is 16.5. The number of carbonyl (C=O) groups excluding carboxylic acids is 2. The Labute approximate surface area is 157 Å². The standard InChI is InChI=1S/C20H22N4O3/c25-19-6-3-15-11-16(2-4-17(15)23-19)20(26)22-13-14-1-5-18(21-12-14)24-7-9-27-10-8-24/h1-2,4-5,11-12H,3,6-10,13H2,(H,22,26)(H,23,25). The van der Waals surface area contributed by atoms with Gasteiger partial charge in [0.25, 0.3) is 5.91 Å². The first kappa shape index (κ1) is 17.5. The lowest BCUT2D eigenvalue weighted by atomic mass is 10.00. The fraction of sp³-hybridized carbons (Fsp3) is 0.350. The number of nitrogens with zero attached hydrogens (tertiary/aromatic N) is 2. The molecule has 27 heavy (non-hydrogen) atoms. The van der Waals surface area contributed by atoms with Crippen molar-refractivity contribution in [2.45, 2.75) is 19.4 Å². The van der Waals surface area contributed by atoms with E-state index in [1.807, 2.05) is 18.2 Å². The summed E-state index contributed by atoms with van der Waals surface area (Å²) >= 11 is 0. The summed E-state index contributed by atoms with van der Waals surface area (Å²) in [5.41, 5.74) is 3.35. The zero-order valence-corrected chi connectivity index (χ0v) is 15.0. The van der Waals surface area contributed by atoms with Crippen LogP contribution < -0.4 is 15.5 Å². The second-order valence-electron chi connectivity index (χ2n) is 6.73. The molecule has 2 aromatic rings. The first-order valence-corrected chi connectivity index (χ1v) is 9.18. The summed E-state index contributed by atoms with van der Waals surface area (Å²) in [6.45, 7) is 3.57. The smallest absolute Gasteiger partial charge is 0.251 e. The van der Waals surface area contributed by atoms with Crippen LogP contribution in [0.25, 0.3) is 0 Å². The van der Waals surface area contributed by atoms with Crippen LogP contribution in [0.1, 0.15) is 27.9 Å². The molecule has 7 nitrogen and oxygen atoms in total. The van der Waals surface area contributed by atoms with Crippen molar-refractivity contribution in [3.63, 3.8) is 0 Å². The molecule has 0 saturated carbocycles. The van der Waals surface area contributed by atoms with Crippen molar-refractivity contribution in [1.82, 2.24) is 10.3 Å². The van der Waals surface area contributed by atoms with Gasteiger partial charge < -0.3 is 20.3 Å². The number of fused-ring (bicyclic) bond motifs is 1. The van der Waals surface area contributed by atoms with Crippen LogP contribution in [0.2, 0.25) is 0 Å². The molecule has 2 amide bonds. The van der Waals surface area contributed by atoms with E-state index in [-0.39, 0.29) is 11.8 Å². The SMILES string of the molecule is O=C1CCc2cc(C(=O)NCc3ccc(N4CCOCC4)nc3)ccc2N1. The number of nitrogens with one attached hydrogen (secondary N) is 2. The van der Waals surface area contributed by atoms with E-state index in [9.17, 15) is 9.59 Å². The molecule has 1 aromatic carbocycles. The number of hydrogen-bond donors (Lipinski definition) is 2. The van der Waals surface area contributed by atoms with E-state index >= 15 is 0 Å². The minimum atomic E-state index is -0.132. The maximum atomic E-state index is 12.4. The first-order chi connectivity index (χ1) is 13.2. The number of aromatic nitrogens is 1. The van der Waals surface area contributed by atoms with Crippen LogP contribution in [0.4, 0.5) is 11.5 Å². The Kier molecular flexibility index (Phi) is 5.02. The third kappa shape index (κ3) is 4.09. The van der Waals surface area contributed by atoms with Crippen molar-refractivity contribution in [3.8, 4) is 0 Å². The van der Waals surface area contributed by atoms with Gasteiger partial charge >= 0.3 is 0 Å². The van der Waals surface area contributed by atoms with Crippen LogP contribution in [0.15, 0.2) is 36.5 Å². The van der Waals surface area contributed by atoms with E-state index in [4.69, 9.17) is 4.74 Å². The third-order valence-electron chi connectivity index (χ3n) is 4.86. The number of rotatable bonds is 4. The summed E-state index contributed by atoms with van der Waals surface area (Å²) in [5.74, 6) is 0.824. The monoisotopic (exact) mass is 366 g/mol. The Morgan fingerprint density at radius 2 is 2.04 bits per heavy atom. The third-order valence-corrected chi connectivity index (χ3v) is 4.86. The summed E-state index contributed by atoms with van der Waals surface area (Å²) in [7, 11) is 0. The van der Waals surface area contributed by atoms with Crippen molar-refractivity contribution in [1.29, 1.82) is 0 Å². The number of aryl methyl sites for hydroxylation is 1. The average Bonchev–Trinajstić information content (AvgIpc) is 2.72.